The zero-order valence-corrected chi connectivity index (χ0v) is 16.7. The molecule has 156 valence electrons. The highest BCUT2D eigenvalue weighted by molar-refractivity contribution is 5.77. The summed E-state index contributed by atoms with van der Waals surface area (Å²) in [5.74, 6) is 1.41. The molecule has 0 fully saturated rings. The zero-order valence-electron chi connectivity index (χ0n) is 16.7. The van der Waals surface area contributed by atoms with E-state index in [-0.39, 0.29) is 18.2 Å². The summed E-state index contributed by atoms with van der Waals surface area (Å²) in [6.07, 6.45) is 1.41. The maximum atomic E-state index is 12.8. The predicted molar refractivity (Wildman–Crippen MR) is 117 cm³/mol. The number of ether oxygens (including phenoxy) is 2. The number of nitrogens with one attached hydrogen (secondary N) is 3. The molecular weight excluding hydrogens is 392 g/mol. The smallest absolute Gasteiger partial charge is 0.315 e. The van der Waals surface area contributed by atoms with E-state index in [1.807, 2.05) is 72.8 Å². The number of benzene rings is 3. The number of aromatic nitrogens is 2. The van der Waals surface area contributed by atoms with Crippen LogP contribution in [0.3, 0.4) is 0 Å². The highest BCUT2D eigenvalue weighted by Gasteiger charge is 2.22. The van der Waals surface area contributed by atoms with Gasteiger partial charge in [0.2, 0.25) is 0 Å². The van der Waals surface area contributed by atoms with Gasteiger partial charge >= 0.3 is 6.03 Å². The van der Waals surface area contributed by atoms with Crippen molar-refractivity contribution in [3.8, 4) is 11.5 Å². The largest absolute Gasteiger partial charge is 0.486 e. The molecule has 2 heterocycles. The number of aromatic amines is 1. The van der Waals surface area contributed by atoms with Crippen molar-refractivity contribution >= 4 is 17.1 Å². The van der Waals surface area contributed by atoms with E-state index in [9.17, 15) is 4.79 Å². The summed E-state index contributed by atoms with van der Waals surface area (Å²) in [7, 11) is 0. The van der Waals surface area contributed by atoms with E-state index in [0.717, 1.165) is 27.9 Å². The van der Waals surface area contributed by atoms with Crippen molar-refractivity contribution in [1.29, 1.82) is 0 Å². The minimum atomic E-state index is -0.307. The number of nitrogens with zero attached hydrogens (tertiary/aromatic N) is 1. The summed E-state index contributed by atoms with van der Waals surface area (Å²) in [6, 6.07) is 22.7. The molecule has 5 rings (SSSR count). The van der Waals surface area contributed by atoms with Gasteiger partial charge in [-0.2, -0.15) is 0 Å². The highest BCUT2D eigenvalue weighted by Crippen LogP contribution is 2.30. The average molecular weight is 414 g/mol. The van der Waals surface area contributed by atoms with Gasteiger partial charge < -0.3 is 25.1 Å². The molecular formula is C24H22N4O3. The van der Waals surface area contributed by atoms with E-state index < -0.39 is 0 Å². The standard InChI is InChI=1S/C24H22N4O3/c29-24(25-13-18-14-30-21-8-4-5-9-22(21)31-18)28-23(16-6-2-1-3-7-16)17-10-11-19-20(12-17)27-15-26-19/h1-12,15,18,23H,13-14H2,(H,26,27)(H2,25,28,29)/t18-,23+/m1/s1. The molecule has 0 radical (unpaired) electrons. The van der Waals surface area contributed by atoms with Gasteiger partial charge in [-0.15, -0.1) is 0 Å². The van der Waals surface area contributed by atoms with Gasteiger partial charge in [-0.3, -0.25) is 0 Å². The molecule has 0 bridgehead atoms. The lowest BCUT2D eigenvalue weighted by molar-refractivity contribution is 0.0917. The predicted octanol–water partition coefficient (Wildman–Crippen LogP) is 3.79. The van der Waals surface area contributed by atoms with Crippen LogP contribution in [-0.4, -0.2) is 35.3 Å². The van der Waals surface area contributed by atoms with Crippen LogP contribution in [0.2, 0.25) is 0 Å². The van der Waals surface area contributed by atoms with Crippen LogP contribution in [-0.2, 0) is 0 Å². The van der Waals surface area contributed by atoms with E-state index in [1.165, 1.54) is 0 Å². The molecule has 7 heteroatoms. The van der Waals surface area contributed by atoms with Crippen LogP contribution in [0.4, 0.5) is 4.79 Å². The lowest BCUT2D eigenvalue weighted by Crippen LogP contribution is -2.45. The summed E-state index contributed by atoms with van der Waals surface area (Å²) < 4.78 is 11.6. The third-order valence-electron chi connectivity index (χ3n) is 5.24. The normalized spacial score (nSPS) is 15.9. The van der Waals surface area contributed by atoms with Crippen LogP contribution in [0, 0.1) is 0 Å². The lowest BCUT2D eigenvalue weighted by atomic mass is 9.98. The molecule has 7 nitrogen and oxygen atoms in total. The molecule has 0 saturated heterocycles. The molecule has 1 aliphatic rings. The van der Waals surface area contributed by atoms with Gasteiger partial charge in [-0.25, -0.2) is 9.78 Å². The molecule has 0 spiro atoms. The molecule has 1 aromatic heterocycles. The number of imidazole rings is 1. The fourth-order valence-corrected chi connectivity index (χ4v) is 3.69. The number of urea groups is 1. The topological polar surface area (TPSA) is 88.3 Å². The number of H-pyrrole nitrogens is 1. The molecule has 2 amide bonds. The second kappa shape index (κ2) is 8.39. The van der Waals surface area contributed by atoms with Crippen LogP contribution in [0.25, 0.3) is 11.0 Å². The first-order valence-corrected chi connectivity index (χ1v) is 10.2. The fraction of sp³-hybridized carbons (Fsp3) is 0.167. The van der Waals surface area contributed by atoms with Gasteiger partial charge in [-0.05, 0) is 35.4 Å². The Morgan fingerprint density at radius 1 is 1.03 bits per heavy atom. The van der Waals surface area contributed by atoms with Crippen LogP contribution in [0.5, 0.6) is 11.5 Å². The first-order valence-electron chi connectivity index (χ1n) is 10.2. The molecule has 31 heavy (non-hydrogen) atoms. The van der Waals surface area contributed by atoms with E-state index in [0.29, 0.717) is 18.9 Å². The Morgan fingerprint density at radius 3 is 2.71 bits per heavy atom. The molecule has 2 atom stereocenters. The summed E-state index contributed by atoms with van der Waals surface area (Å²) >= 11 is 0. The van der Waals surface area contributed by atoms with Crippen LogP contribution in [0.1, 0.15) is 17.2 Å². The Labute approximate surface area is 179 Å². The van der Waals surface area contributed by atoms with Gasteiger partial charge in [0.15, 0.2) is 17.6 Å². The van der Waals surface area contributed by atoms with Gasteiger partial charge in [0.25, 0.3) is 0 Å². The van der Waals surface area contributed by atoms with Gasteiger partial charge in [0.05, 0.1) is 29.9 Å². The third-order valence-corrected chi connectivity index (χ3v) is 5.24. The number of hydrogen-bond acceptors (Lipinski definition) is 4. The number of rotatable bonds is 5. The molecule has 4 aromatic rings. The number of hydrogen-bond donors (Lipinski definition) is 3. The molecule has 3 aromatic carbocycles. The SMILES string of the molecule is O=C(NC[C@@H]1COc2ccccc2O1)N[C@@H](c1ccccc1)c1ccc2nc[nH]c2c1. The molecule has 0 aliphatic carbocycles. The van der Waals surface area contributed by atoms with Crippen molar-refractivity contribution in [1.82, 2.24) is 20.6 Å². The van der Waals surface area contributed by atoms with Crippen LogP contribution >= 0.6 is 0 Å². The van der Waals surface area contributed by atoms with Crippen molar-refractivity contribution in [2.75, 3.05) is 13.2 Å². The maximum Gasteiger partial charge on any atom is 0.315 e. The van der Waals surface area contributed by atoms with Crippen LogP contribution in [0.15, 0.2) is 79.1 Å². The first-order chi connectivity index (χ1) is 15.3. The highest BCUT2D eigenvalue weighted by atomic mass is 16.6. The quantitative estimate of drug-likeness (QED) is 0.464. The van der Waals surface area contributed by atoms with Crippen molar-refractivity contribution in [2.45, 2.75) is 12.1 Å². The maximum absolute atomic E-state index is 12.8. The minimum Gasteiger partial charge on any atom is -0.486 e. The number of carbonyl (C=O) groups excluding carboxylic acids is 1. The number of carbonyl (C=O) groups is 1. The van der Waals surface area contributed by atoms with Crippen molar-refractivity contribution in [3.63, 3.8) is 0 Å². The second-order valence-corrected chi connectivity index (χ2v) is 7.37. The minimum absolute atomic E-state index is 0.253. The van der Waals surface area contributed by atoms with E-state index in [4.69, 9.17) is 9.47 Å². The summed E-state index contributed by atoms with van der Waals surface area (Å²) in [4.78, 5) is 20.2. The first kappa shape index (κ1) is 19.0. The monoisotopic (exact) mass is 414 g/mol. The van der Waals surface area contributed by atoms with Crippen molar-refractivity contribution in [2.24, 2.45) is 0 Å². The molecule has 3 N–H and O–H groups in total. The van der Waals surface area contributed by atoms with Crippen LogP contribution < -0.4 is 20.1 Å². The van der Waals surface area contributed by atoms with E-state index in [2.05, 4.69) is 20.6 Å². The zero-order chi connectivity index (χ0) is 21.0. The van der Waals surface area contributed by atoms with Crippen molar-refractivity contribution < 1.29 is 14.3 Å². The molecule has 0 unspecified atom stereocenters. The Bertz CT molecular complexity index is 1190. The number of amides is 2. The Balaban J connectivity index is 1.28. The summed E-state index contributed by atoms with van der Waals surface area (Å²) in [6.45, 7) is 0.719. The molecule has 0 saturated carbocycles. The third kappa shape index (κ3) is 4.16. The van der Waals surface area contributed by atoms with Gasteiger partial charge in [0.1, 0.15) is 6.61 Å². The fourth-order valence-electron chi connectivity index (χ4n) is 3.69. The van der Waals surface area contributed by atoms with Crippen molar-refractivity contribution in [3.05, 3.63) is 90.3 Å². The Kier molecular flexibility index (Phi) is 5.14. The summed E-state index contributed by atoms with van der Waals surface area (Å²) in [5.41, 5.74) is 3.76. The second-order valence-electron chi connectivity index (χ2n) is 7.37. The van der Waals surface area contributed by atoms with Gasteiger partial charge in [0, 0.05) is 0 Å². The number of para-hydroxylation sites is 2. The Morgan fingerprint density at radius 2 is 1.84 bits per heavy atom. The average Bonchev–Trinajstić information content (AvgIpc) is 3.29. The summed E-state index contributed by atoms with van der Waals surface area (Å²) in [5, 5.41) is 5.99. The lowest BCUT2D eigenvalue weighted by Gasteiger charge is -2.27. The molecule has 1 aliphatic heterocycles. The van der Waals surface area contributed by atoms with E-state index in [1.54, 1.807) is 6.33 Å². The number of fused-ring (bicyclic) bond motifs is 2. The Hall–Kier alpha value is -4.00. The van der Waals surface area contributed by atoms with Gasteiger partial charge in [-0.1, -0.05) is 48.5 Å². The van der Waals surface area contributed by atoms with E-state index >= 15 is 0 Å².